The second kappa shape index (κ2) is 8.09. The number of nitrogens with zero attached hydrogens (tertiary/aromatic N) is 2. The molecule has 9 heteroatoms. The molecule has 1 rings (SSSR count). The molecule has 0 spiro atoms. The molecule has 1 aromatic heterocycles. The Bertz CT molecular complexity index is 574. The molecule has 120 valence electrons. The van der Waals surface area contributed by atoms with E-state index in [0.29, 0.717) is 10.9 Å². The summed E-state index contributed by atoms with van der Waals surface area (Å²) in [5, 5.41) is 0. The molecule has 0 fully saturated rings. The first-order chi connectivity index (χ1) is 9.81. The van der Waals surface area contributed by atoms with Crippen LogP contribution in [0.15, 0.2) is 12.1 Å². The topological polar surface area (TPSA) is 66.9 Å². The third kappa shape index (κ3) is 5.23. The monoisotopic (exact) mass is 354 g/mol. The van der Waals surface area contributed by atoms with E-state index in [0.717, 1.165) is 9.18 Å². The Hall–Kier alpha value is -0.670. The lowest BCUT2D eigenvalue weighted by molar-refractivity contribution is -0.140. The van der Waals surface area contributed by atoms with Gasteiger partial charge in [0.2, 0.25) is 0 Å². The molecule has 0 N–H and O–H groups in total. The van der Waals surface area contributed by atoms with Crippen molar-refractivity contribution >= 4 is 39.1 Å². The highest BCUT2D eigenvalue weighted by Gasteiger charge is 2.26. The molecule has 0 radical (unpaired) electrons. The zero-order chi connectivity index (χ0) is 16.0. The molecule has 0 saturated carbocycles. The molecular formula is C12H19ClN2O4S2. The molecule has 21 heavy (non-hydrogen) atoms. The van der Waals surface area contributed by atoms with E-state index in [1.807, 2.05) is 0 Å². The van der Waals surface area contributed by atoms with Crippen molar-refractivity contribution in [3.05, 3.63) is 21.3 Å². The molecule has 0 aliphatic heterocycles. The SMILES string of the molecule is CCN(Cc1ccc(Cl)s1)S(=O)(=O)N(C)CCC(=O)OC. The van der Waals surface area contributed by atoms with E-state index in [2.05, 4.69) is 4.74 Å². The summed E-state index contributed by atoms with van der Waals surface area (Å²) in [4.78, 5) is 12.0. The Morgan fingerprint density at radius 1 is 1.43 bits per heavy atom. The molecular weight excluding hydrogens is 336 g/mol. The highest BCUT2D eigenvalue weighted by Crippen LogP contribution is 2.24. The summed E-state index contributed by atoms with van der Waals surface area (Å²) in [6.45, 7) is 2.44. The van der Waals surface area contributed by atoms with Crippen LogP contribution in [0.1, 0.15) is 18.2 Å². The van der Waals surface area contributed by atoms with Gasteiger partial charge in [0, 0.05) is 31.6 Å². The van der Waals surface area contributed by atoms with E-state index in [-0.39, 0.29) is 19.5 Å². The van der Waals surface area contributed by atoms with Crippen LogP contribution in [0.2, 0.25) is 4.34 Å². The molecule has 0 aliphatic rings. The molecule has 1 aromatic rings. The number of carbonyl (C=O) groups is 1. The van der Waals surface area contributed by atoms with Crippen LogP contribution in [-0.4, -0.2) is 50.2 Å². The first-order valence-electron chi connectivity index (χ1n) is 6.33. The third-order valence-corrected chi connectivity index (χ3v) is 6.12. The predicted octanol–water partition coefficient (Wildman–Crippen LogP) is 1.96. The average Bonchev–Trinajstić information content (AvgIpc) is 2.86. The average molecular weight is 355 g/mol. The molecule has 0 saturated heterocycles. The fourth-order valence-corrected chi connectivity index (χ4v) is 4.16. The van der Waals surface area contributed by atoms with Gasteiger partial charge in [0.1, 0.15) is 0 Å². The fraction of sp³-hybridized carbons (Fsp3) is 0.583. The van der Waals surface area contributed by atoms with E-state index < -0.39 is 16.2 Å². The Balaban J connectivity index is 2.74. The van der Waals surface area contributed by atoms with E-state index in [4.69, 9.17) is 11.6 Å². The summed E-state index contributed by atoms with van der Waals surface area (Å²) >= 11 is 7.20. The van der Waals surface area contributed by atoms with Crippen molar-refractivity contribution in [2.75, 3.05) is 27.2 Å². The smallest absolute Gasteiger partial charge is 0.306 e. The van der Waals surface area contributed by atoms with Gasteiger partial charge in [0.25, 0.3) is 10.2 Å². The quantitative estimate of drug-likeness (QED) is 0.669. The van der Waals surface area contributed by atoms with E-state index in [9.17, 15) is 13.2 Å². The second-order valence-corrected chi connectivity index (χ2v) is 8.12. The third-order valence-electron chi connectivity index (χ3n) is 2.89. The van der Waals surface area contributed by atoms with Crippen LogP contribution in [0.3, 0.4) is 0 Å². The Morgan fingerprint density at radius 3 is 2.57 bits per heavy atom. The number of halogens is 1. The molecule has 0 amide bonds. The van der Waals surface area contributed by atoms with Crippen molar-refractivity contribution in [2.45, 2.75) is 19.9 Å². The van der Waals surface area contributed by atoms with Gasteiger partial charge in [-0.1, -0.05) is 18.5 Å². The number of carbonyl (C=O) groups excluding carboxylic acids is 1. The number of hydrogen-bond donors (Lipinski definition) is 0. The fourth-order valence-electron chi connectivity index (χ4n) is 1.63. The summed E-state index contributed by atoms with van der Waals surface area (Å²) in [7, 11) is -0.901. The summed E-state index contributed by atoms with van der Waals surface area (Å²) in [5.74, 6) is -0.440. The molecule has 0 aliphatic carbocycles. The predicted molar refractivity (Wildman–Crippen MR) is 83.6 cm³/mol. The van der Waals surface area contributed by atoms with Crippen LogP contribution in [0, 0.1) is 0 Å². The molecule has 1 heterocycles. The van der Waals surface area contributed by atoms with Gasteiger partial charge >= 0.3 is 5.97 Å². The molecule has 0 atom stereocenters. The van der Waals surface area contributed by atoms with Gasteiger partial charge in [-0.05, 0) is 12.1 Å². The lowest BCUT2D eigenvalue weighted by atomic mass is 10.4. The number of thiophene rings is 1. The highest BCUT2D eigenvalue weighted by atomic mass is 35.5. The maximum Gasteiger partial charge on any atom is 0.306 e. The first-order valence-corrected chi connectivity index (χ1v) is 8.92. The van der Waals surface area contributed by atoms with E-state index in [1.54, 1.807) is 19.1 Å². The molecule has 0 aromatic carbocycles. The summed E-state index contributed by atoms with van der Waals surface area (Å²) in [6.07, 6.45) is 0.0224. The summed E-state index contributed by atoms with van der Waals surface area (Å²) < 4.78 is 32.5. The van der Waals surface area contributed by atoms with Crippen molar-refractivity contribution in [3.8, 4) is 0 Å². The Kier molecular flexibility index (Phi) is 7.08. The normalized spacial score (nSPS) is 12.1. The van der Waals surface area contributed by atoms with Crippen molar-refractivity contribution in [2.24, 2.45) is 0 Å². The molecule has 6 nitrogen and oxygen atoms in total. The van der Waals surface area contributed by atoms with Crippen LogP contribution in [0.25, 0.3) is 0 Å². The van der Waals surface area contributed by atoms with Gasteiger partial charge in [-0.25, -0.2) is 0 Å². The first kappa shape index (κ1) is 18.4. The number of esters is 1. The maximum atomic E-state index is 12.4. The minimum absolute atomic E-state index is 0.0224. The number of methoxy groups -OCH3 is 1. The van der Waals surface area contributed by atoms with Gasteiger partial charge in [0.05, 0.1) is 17.9 Å². The van der Waals surface area contributed by atoms with Crippen molar-refractivity contribution < 1.29 is 17.9 Å². The lowest BCUT2D eigenvalue weighted by Gasteiger charge is -2.25. The largest absolute Gasteiger partial charge is 0.469 e. The highest BCUT2D eigenvalue weighted by molar-refractivity contribution is 7.86. The zero-order valence-corrected chi connectivity index (χ0v) is 14.6. The number of rotatable bonds is 8. The number of ether oxygens (including phenoxy) is 1. The van der Waals surface area contributed by atoms with Crippen molar-refractivity contribution in [1.82, 2.24) is 8.61 Å². The Morgan fingerprint density at radius 2 is 2.10 bits per heavy atom. The Labute approximate surface area is 134 Å². The maximum absolute atomic E-state index is 12.4. The summed E-state index contributed by atoms with van der Waals surface area (Å²) in [6, 6.07) is 3.54. The molecule has 0 unspecified atom stereocenters. The van der Waals surface area contributed by atoms with Crippen LogP contribution < -0.4 is 0 Å². The van der Waals surface area contributed by atoms with Crippen LogP contribution in [-0.2, 0) is 26.3 Å². The minimum Gasteiger partial charge on any atom is -0.469 e. The van der Waals surface area contributed by atoms with Gasteiger partial charge in [-0.3, -0.25) is 4.79 Å². The van der Waals surface area contributed by atoms with Crippen LogP contribution >= 0.6 is 22.9 Å². The van der Waals surface area contributed by atoms with Gasteiger partial charge in [0.15, 0.2) is 0 Å². The van der Waals surface area contributed by atoms with E-state index in [1.165, 1.54) is 29.8 Å². The van der Waals surface area contributed by atoms with Crippen LogP contribution in [0.4, 0.5) is 0 Å². The second-order valence-electron chi connectivity index (χ2n) is 4.29. The minimum atomic E-state index is -3.62. The zero-order valence-electron chi connectivity index (χ0n) is 12.2. The van der Waals surface area contributed by atoms with Crippen molar-refractivity contribution in [3.63, 3.8) is 0 Å². The van der Waals surface area contributed by atoms with Gasteiger partial charge in [-0.2, -0.15) is 17.0 Å². The lowest BCUT2D eigenvalue weighted by Crippen LogP contribution is -2.42. The van der Waals surface area contributed by atoms with E-state index >= 15 is 0 Å². The summed E-state index contributed by atoms with van der Waals surface area (Å²) in [5.41, 5.74) is 0. The van der Waals surface area contributed by atoms with Crippen molar-refractivity contribution in [1.29, 1.82) is 0 Å². The van der Waals surface area contributed by atoms with Gasteiger partial charge in [-0.15, -0.1) is 11.3 Å². The van der Waals surface area contributed by atoms with Crippen LogP contribution in [0.5, 0.6) is 0 Å². The standard InChI is InChI=1S/C12H19ClN2O4S2/c1-4-15(9-10-5-6-11(13)20-10)21(17,18)14(2)8-7-12(16)19-3/h5-6H,4,7-9H2,1-3H3. The number of hydrogen-bond acceptors (Lipinski definition) is 5. The van der Waals surface area contributed by atoms with Gasteiger partial charge < -0.3 is 4.74 Å². The molecule has 0 bridgehead atoms.